The maximum atomic E-state index is 14.5. The van der Waals surface area contributed by atoms with E-state index >= 15 is 0 Å². The van der Waals surface area contributed by atoms with Gasteiger partial charge in [0.1, 0.15) is 23.1 Å². The van der Waals surface area contributed by atoms with Crippen LogP contribution in [0.5, 0.6) is 5.75 Å². The number of H-pyrrole nitrogens is 1. The van der Waals surface area contributed by atoms with E-state index in [4.69, 9.17) is 10.5 Å². The summed E-state index contributed by atoms with van der Waals surface area (Å²) in [5.41, 5.74) is 0.0946. The Bertz CT molecular complexity index is 1570. The summed E-state index contributed by atoms with van der Waals surface area (Å²) in [5, 5.41) is 13.4. The number of primary amides is 1. The maximum absolute atomic E-state index is 14.5. The molecule has 0 aliphatic carbocycles. The Kier molecular flexibility index (Phi) is 7.78. The second-order valence-electron chi connectivity index (χ2n) is 8.87. The number of benzene rings is 2. The van der Waals surface area contributed by atoms with Crippen LogP contribution in [-0.2, 0) is 16.8 Å². The van der Waals surface area contributed by atoms with Gasteiger partial charge in [-0.25, -0.2) is 13.8 Å². The van der Waals surface area contributed by atoms with Crippen molar-refractivity contribution in [3.63, 3.8) is 0 Å². The molecule has 2 aromatic carbocycles. The average Bonchev–Trinajstić information content (AvgIpc) is 3.34. The van der Waals surface area contributed by atoms with Crippen molar-refractivity contribution in [2.24, 2.45) is 5.73 Å². The van der Waals surface area contributed by atoms with Gasteiger partial charge in [-0.15, -0.1) is 0 Å². The Morgan fingerprint density at radius 1 is 1.10 bits per heavy atom. The van der Waals surface area contributed by atoms with Crippen molar-refractivity contribution in [2.75, 3.05) is 13.2 Å². The van der Waals surface area contributed by atoms with Crippen molar-refractivity contribution in [3.05, 3.63) is 83.2 Å². The van der Waals surface area contributed by atoms with Crippen LogP contribution in [0.2, 0.25) is 0 Å². The Morgan fingerprint density at radius 2 is 1.80 bits per heavy atom. The largest absolute Gasteiger partial charge is 0.491 e. The molecule has 0 bridgehead atoms. The molecule has 0 saturated carbocycles. The van der Waals surface area contributed by atoms with Gasteiger partial charge in [0, 0.05) is 28.2 Å². The third-order valence-corrected chi connectivity index (χ3v) is 6.10. The van der Waals surface area contributed by atoms with Gasteiger partial charge in [-0.2, -0.15) is 13.2 Å². The zero-order valence-corrected chi connectivity index (χ0v) is 20.9. The van der Waals surface area contributed by atoms with E-state index in [0.29, 0.717) is 10.9 Å². The first-order valence-electron chi connectivity index (χ1n) is 11.9. The number of carbonyl (C=O) groups excluding carboxylic acids is 2. The molecule has 2 aromatic heterocycles. The number of aromatic amines is 1. The number of alkyl halides is 3. The van der Waals surface area contributed by atoms with Gasteiger partial charge in [-0.3, -0.25) is 9.59 Å². The topological polar surface area (TPSA) is 130 Å². The van der Waals surface area contributed by atoms with E-state index in [0.717, 1.165) is 30.3 Å². The van der Waals surface area contributed by atoms with Crippen LogP contribution < -0.4 is 15.8 Å². The van der Waals surface area contributed by atoms with Gasteiger partial charge in [0.05, 0.1) is 30.8 Å². The minimum Gasteiger partial charge on any atom is -0.491 e. The number of fused-ring (bicyclic) bond motifs is 1. The number of hydrogen-bond donors (Lipinski definition) is 4. The monoisotopic (exact) mass is 562 g/mol. The number of hydrogen-bond acceptors (Lipinski definition) is 5. The van der Waals surface area contributed by atoms with E-state index in [1.165, 1.54) is 18.3 Å². The molecule has 0 saturated heterocycles. The number of nitrogens with zero attached hydrogens (tertiary/aromatic N) is 1. The number of aliphatic hydroxyl groups is 1. The van der Waals surface area contributed by atoms with Crippen LogP contribution in [0.25, 0.3) is 22.2 Å². The average molecular weight is 562 g/mol. The highest BCUT2D eigenvalue weighted by atomic mass is 19.4. The minimum atomic E-state index is -5.41. The Balaban J connectivity index is 1.81. The molecule has 2 amide bonds. The number of carbonyl (C=O) groups is 2. The Morgan fingerprint density at radius 3 is 2.42 bits per heavy atom. The SMILES string of the molecule is CCOc1c(CC(N)=O)cc([C@@](O)(CNC(=O)c2cc3cc[nH]c3cc2F)C(F)(F)F)nc1-c1ccc(F)cc1. The van der Waals surface area contributed by atoms with E-state index in [-0.39, 0.29) is 29.2 Å². The van der Waals surface area contributed by atoms with Gasteiger partial charge in [0.2, 0.25) is 11.5 Å². The van der Waals surface area contributed by atoms with E-state index in [9.17, 15) is 36.6 Å². The van der Waals surface area contributed by atoms with Crippen LogP contribution in [0.15, 0.2) is 54.7 Å². The number of ether oxygens (including phenoxy) is 1. The molecular formula is C27H23F5N4O4. The van der Waals surface area contributed by atoms with Crippen LogP contribution in [0, 0.1) is 11.6 Å². The molecule has 0 fully saturated rings. The molecule has 0 spiro atoms. The number of amides is 2. The number of rotatable bonds is 9. The van der Waals surface area contributed by atoms with Gasteiger partial charge in [0.25, 0.3) is 5.91 Å². The van der Waals surface area contributed by atoms with Crippen LogP contribution in [0.3, 0.4) is 0 Å². The van der Waals surface area contributed by atoms with E-state index in [1.807, 2.05) is 5.32 Å². The van der Waals surface area contributed by atoms with Crippen molar-refractivity contribution in [1.29, 1.82) is 0 Å². The summed E-state index contributed by atoms with van der Waals surface area (Å²) in [4.78, 5) is 31.2. The summed E-state index contributed by atoms with van der Waals surface area (Å²) < 4.78 is 76.9. The van der Waals surface area contributed by atoms with Crippen LogP contribution in [-0.4, -0.2) is 46.2 Å². The predicted octanol–water partition coefficient (Wildman–Crippen LogP) is 4.11. The lowest BCUT2D eigenvalue weighted by Gasteiger charge is -2.31. The number of pyridine rings is 1. The third-order valence-electron chi connectivity index (χ3n) is 6.10. The molecule has 8 nitrogen and oxygen atoms in total. The lowest BCUT2D eigenvalue weighted by atomic mass is 9.93. The number of aromatic nitrogens is 2. The molecule has 0 radical (unpaired) electrons. The highest BCUT2D eigenvalue weighted by Gasteiger charge is 2.56. The molecule has 0 unspecified atom stereocenters. The molecule has 5 N–H and O–H groups in total. The van der Waals surface area contributed by atoms with E-state index < -0.39 is 59.4 Å². The van der Waals surface area contributed by atoms with E-state index in [1.54, 1.807) is 13.0 Å². The standard InChI is InChI=1S/C27H23F5N4O4/c1-2-40-24-16(11-22(33)37)10-21(36-23(24)14-3-5-17(28)6-4-14)26(39,27(30,31)32)13-35-25(38)18-9-15-7-8-34-20(15)12-19(18)29/h3-10,12,34,39H,2,11,13H2,1H3,(H2,33,37)(H,35,38)/t26-/m0/s1. The summed E-state index contributed by atoms with van der Waals surface area (Å²) >= 11 is 0. The molecule has 4 aromatic rings. The van der Waals surface area contributed by atoms with Gasteiger partial charge in [-0.1, -0.05) is 0 Å². The van der Waals surface area contributed by atoms with Crippen LogP contribution >= 0.6 is 0 Å². The van der Waals surface area contributed by atoms with Gasteiger partial charge >= 0.3 is 6.18 Å². The van der Waals surface area contributed by atoms with Gasteiger partial charge < -0.3 is 25.9 Å². The molecule has 0 aliphatic heterocycles. The Hall–Kier alpha value is -4.52. The molecule has 13 heteroatoms. The fraction of sp³-hybridized carbons (Fsp3) is 0.222. The van der Waals surface area contributed by atoms with Crippen molar-refractivity contribution in [1.82, 2.24) is 15.3 Å². The number of halogens is 5. The number of nitrogens with one attached hydrogen (secondary N) is 2. The smallest absolute Gasteiger partial charge is 0.424 e. The highest BCUT2D eigenvalue weighted by molar-refractivity contribution is 5.98. The zero-order valence-electron chi connectivity index (χ0n) is 20.9. The minimum absolute atomic E-state index is 0.0254. The summed E-state index contributed by atoms with van der Waals surface area (Å²) in [7, 11) is 0. The molecule has 40 heavy (non-hydrogen) atoms. The second kappa shape index (κ2) is 10.9. The summed E-state index contributed by atoms with van der Waals surface area (Å²) in [5.74, 6) is -3.85. The number of nitrogens with two attached hydrogens (primary N) is 1. The molecule has 4 rings (SSSR count). The maximum Gasteiger partial charge on any atom is 0.424 e. The lowest BCUT2D eigenvalue weighted by Crippen LogP contribution is -2.51. The Labute approximate surface area is 224 Å². The first-order valence-corrected chi connectivity index (χ1v) is 11.9. The zero-order chi connectivity index (χ0) is 29.2. The van der Waals surface area contributed by atoms with Crippen LogP contribution in [0.1, 0.15) is 28.5 Å². The molecule has 210 valence electrons. The van der Waals surface area contributed by atoms with Crippen LogP contribution in [0.4, 0.5) is 22.0 Å². The normalized spacial score (nSPS) is 13.2. The van der Waals surface area contributed by atoms with Gasteiger partial charge in [-0.05, 0) is 55.5 Å². The highest BCUT2D eigenvalue weighted by Crippen LogP contribution is 2.42. The molecular weight excluding hydrogens is 539 g/mol. The lowest BCUT2D eigenvalue weighted by molar-refractivity contribution is -0.265. The third kappa shape index (κ3) is 5.59. The van der Waals surface area contributed by atoms with Crippen molar-refractivity contribution in [3.8, 4) is 17.0 Å². The quantitative estimate of drug-likeness (QED) is 0.228. The summed E-state index contributed by atoms with van der Waals surface area (Å²) in [6.07, 6.45) is -4.50. The predicted molar refractivity (Wildman–Crippen MR) is 134 cm³/mol. The fourth-order valence-electron chi connectivity index (χ4n) is 4.11. The van der Waals surface area contributed by atoms with Crippen molar-refractivity contribution in [2.45, 2.75) is 25.1 Å². The summed E-state index contributed by atoms with van der Waals surface area (Å²) in [6.45, 7) is 0.152. The van der Waals surface area contributed by atoms with Crippen molar-refractivity contribution < 1.29 is 41.4 Å². The van der Waals surface area contributed by atoms with E-state index in [2.05, 4.69) is 9.97 Å². The molecule has 2 heterocycles. The first kappa shape index (κ1) is 28.5. The first-order chi connectivity index (χ1) is 18.8. The molecule has 1 atom stereocenters. The van der Waals surface area contributed by atoms with Crippen molar-refractivity contribution >= 4 is 22.7 Å². The fourth-order valence-corrected chi connectivity index (χ4v) is 4.11. The van der Waals surface area contributed by atoms with Gasteiger partial charge in [0.15, 0.2) is 0 Å². The summed E-state index contributed by atoms with van der Waals surface area (Å²) in [6, 6.07) is 9.04. The molecule has 0 aliphatic rings. The second-order valence-corrected chi connectivity index (χ2v) is 8.87.